The fourth-order valence-corrected chi connectivity index (χ4v) is 2.85. The molecule has 0 radical (unpaired) electrons. The third-order valence-corrected chi connectivity index (χ3v) is 4.50. The van der Waals surface area contributed by atoms with Crippen LogP contribution < -0.4 is 10.6 Å². The SMILES string of the molecule is CCOC(=O)N=[S-](=O)c1ccc(Nc2ncc(I)c(NC)n2)cc1. The van der Waals surface area contributed by atoms with Crippen molar-refractivity contribution in [3.05, 3.63) is 34.0 Å². The van der Waals surface area contributed by atoms with Gasteiger partial charge in [-0.3, -0.25) is 4.36 Å². The molecule has 1 aromatic heterocycles. The lowest BCUT2D eigenvalue weighted by molar-refractivity contribution is 0.164. The number of aromatic nitrogens is 2. The lowest BCUT2D eigenvalue weighted by atomic mass is 10.3. The highest BCUT2D eigenvalue weighted by molar-refractivity contribution is 14.1. The van der Waals surface area contributed by atoms with Crippen molar-refractivity contribution in [3.8, 4) is 0 Å². The molecule has 0 bridgehead atoms. The van der Waals surface area contributed by atoms with E-state index in [9.17, 15) is 9.00 Å². The second kappa shape index (κ2) is 8.78. The van der Waals surface area contributed by atoms with Crippen LogP contribution in [0.2, 0.25) is 0 Å². The summed E-state index contributed by atoms with van der Waals surface area (Å²) in [7, 11) is -0.0143. The molecule has 2 rings (SSSR count). The molecule has 0 unspecified atom stereocenters. The van der Waals surface area contributed by atoms with E-state index in [4.69, 9.17) is 0 Å². The van der Waals surface area contributed by atoms with E-state index >= 15 is 0 Å². The first kappa shape index (κ1) is 18.4. The second-order valence-corrected chi connectivity index (χ2v) is 6.64. The molecular weight excluding hydrogens is 445 g/mol. The Bertz CT molecular complexity index is 807. The van der Waals surface area contributed by atoms with Crippen LogP contribution in [0.1, 0.15) is 6.92 Å². The van der Waals surface area contributed by atoms with Crippen LogP contribution >= 0.6 is 22.6 Å². The molecule has 0 aliphatic carbocycles. The zero-order chi connectivity index (χ0) is 17.5. The van der Waals surface area contributed by atoms with Crippen LogP contribution in [0.25, 0.3) is 0 Å². The van der Waals surface area contributed by atoms with E-state index in [1.807, 2.05) is 0 Å². The number of nitrogens with one attached hydrogen (secondary N) is 2. The predicted octanol–water partition coefficient (Wildman–Crippen LogP) is 3.53. The van der Waals surface area contributed by atoms with E-state index in [-0.39, 0.29) is 6.61 Å². The Morgan fingerprint density at radius 3 is 2.71 bits per heavy atom. The number of hydrogen-bond acceptors (Lipinski definition) is 8. The molecule has 10 heteroatoms. The van der Waals surface area contributed by atoms with Crippen LogP contribution in [0.15, 0.2) is 39.7 Å². The monoisotopic (exact) mass is 460 g/mol. The molecule has 1 aromatic carbocycles. The van der Waals surface area contributed by atoms with Gasteiger partial charge in [-0.1, -0.05) is 17.0 Å². The van der Waals surface area contributed by atoms with E-state index in [0.717, 1.165) is 15.1 Å². The van der Waals surface area contributed by atoms with E-state index in [1.165, 1.54) is 0 Å². The van der Waals surface area contributed by atoms with Gasteiger partial charge in [-0.2, -0.15) is 4.98 Å². The molecule has 2 N–H and O–H groups in total. The minimum absolute atomic E-state index is 0.188. The number of carbonyl (C=O) groups excluding carboxylic acids is 1. The van der Waals surface area contributed by atoms with E-state index in [2.05, 4.69) is 52.3 Å². The smallest absolute Gasteiger partial charge is 0.410 e. The highest BCUT2D eigenvalue weighted by atomic mass is 127. The Balaban J connectivity index is 2.12. The maximum atomic E-state index is 11.9. The van der Waals surface area contributed by atoms with Gasteiger partial charge in [-0.15, -0.1) is 10.6 Å². The predicted molar refractivity (Wildman–Crippen MR) is 99.8 cm³/mol. The highest BCUT2D eigenvalue weighted by Crippen LogP contribution is 2.19. The number of ether oxygens (including phenoxy) is 1. The van der Waals surface area contributed by atoms with Crippen molar-refractivity contribution in [2.24, 2.45) is 4.36 Å². The largest absolute Gasteiger partial charge is 0.450 e. The van der Waals surface area contributed by atoms with Crippen molar-refractivity contribution in [1.82, 2.24) is 9.97 Å². The third kappa shape index (κ3) is 5.03. The van der Waals surface area contributed by atoms with Crippen LogP contribution in [0.4, 0.5) is 22.2 Å². The summed E-state index contributed by atoms with van der Waals surface area (Å²) in [4.78, 5) is 20.1. The number of carbonyl (C=O) groups is 1. The molecule has 0 fully saturated rings. The summed E-state index contributed by atoms with van der Waals surface area (Å²) in [6.07, 6.45) is 0.855. The van der Waals surface area contributed by atoms with Gasteiger partial charge in [0.1, 0.15) is 5.82 Å². The number of hydrogen-bond donors (Lipinski definition) is 2. The highest BCUT2D eigenvalue weighted by Gasteiger charge is 2.03. The Morgan fingerprint density at radius 1 is 1.38 bits per heavy atom. The summed E-state index contributed by atoms with van der Waals surface area (Å²) >= 11 is 2.14. The fourth-order valence-electron chi connectivity index (χ4n) is 1.66. The maximum Gasteiger partial charge on any atom is 0.410 e. The summed E-state index contributed by atoms with van der Waals surface area (Å²) in [5.41, 5.74) is 0.718. The molecule has 2 aromatic rings. The van der Waals surface area contributed by atoms with Gasteiger partial charge >= 0.3 is 6.09 Å². The van der Waals surface area contributed by atoms with Gasteiger partial charge in [0.25, 0.3) is 0 Å². The van der Waals surface area contributed by atoms with Crippen LogP contribution in [-0.4, -0.2) is 29.7 Å². The van der Waals surface area contributed by atoms with E-state index in [1.54, 1.807) is 44.4 Å². The van der Waals surface area contributed by atoms with Gasteiger partial charge in [-0.25, -0.2) is 9.78 Å². The first-order valence-electron chi connectivity index (χ1n) is 6.91. The van der Waals surface area contributed by atoms with Gasteiger partial charge in [0, 0.05) is 18.9 Å². The Kier molecular flexibility index (Phi) is 6.73. The minimum Gasteiger partial charge on any atom is -0.450 e. The molecule has 0 aliphatic heterocycles. The Labute approximate surface area is 154 Å². The average Bonchev–Trinajstić information content (AvgIpc) is 2.57. The Morgan fingerprint density at radius 2 is 2.08 bits per heavy atom. The fraction of sp³-hybridized carbons (Fsp3) is 0.214. The molecule has 1 amide bonds. The maximum absolute atomic E-state index is 11.9. The summed E-state index contributed by atoms with van der Waals surface area (Å²) in [6.45, 7) is 1.84. The number of nitrogens with zero attached hydrogens (tertiary/aromatic N) is 3. The van der Waals surface area contributed by atoms with E-state index in [0.29, 0.717) is 10.8 Å². The normalized spacial score (nSPS) is 11.8. The van der Waals surface area contributed by atoms with Gasteiger partial charge in [0.15, 0.2) is 0 Å². The quantitative estimate of drug-likeness (QED) is 0.520. The number of anilines is 3. The average molecular weight is 460 g/mol. The zero-order valence-electron chi connectivity index (χ0n) is 12.9. The van der Waals surface area contributed by atoms with E-state index < -0.39 is 16.7 Å². The van der Waals surface area contributed by atoms with Crippen molar-refractivity contribution in [3.63, 3.8) is 0 Å². The van der Waals surface area contributed by atoms with Gasteiger partial charge < -0.3 is 19.6 Å². The lowest BCUT2D eigenvalue weighted by Gasteiger charge is -2.09. The first-order chi connectivity index (χ1) is 11.5. The Hall–Kier alpha value is -1.95. The zero-order valence-corrected chi connectivity index (χ0v) is 15.9. The number of benzene rings is 1. The van der Waals surface area contributed by atoms with Crippen LogP contribution in [-0.2, 0) is 19.5 Å². The minimum atomic E-state index is -1.80. The number of rotatable bonds is 5. The van der Waals surface area contributed by atoms with Crippen LogP contribution in [0.5, 0.6) is 0 Å². The van der Waals surface area contributed by atoms with Crippen LogP contribution in [0, 0.1) is 3.57 Å². The lowest BCUT2D eigenvalue weighted by Crippen LogP contribution is -2.02. The van der Waals surface area contributed by atoms with Gasteiger partial charge in [0.2, 0.25) is 5.95 Å². The molecule has 128 valence electrons. The molecule has 0 saturated heterocycles. The number of amides is 1. The van der Waals surface area contributed by atoms with Crippen LogP contribution in [0.3, 0.4) is 0 Å². The van der Waals surface area contributed by atoms with Gasteiger partial charge in [0.05, 0.1) is 10.2 Å². The summed E-state index contributed by atoms with van der Waals surface area (Å²) in [5.74, 6) is 1.16. The van der Waals surface area contributed by atoms with Gasteiger partial charge in [-0.05, 0) is 41.6 Å². The van der Waals surface area contributed by atoms with Crippen molar-refractivity contribution in [2.75, 3.05) is 24.3 Å². The molecule has 1 heterocycles. The second-order valence-electron chi connectivity index (χ2n) is 4.33. The molecule has 0 aliphatic rings. The summed E-state index contributed by atoms with van der Waals surface area (Å²) in [5, 5.41) is 6.03. The molecular formula is C14H15IN5O3S-. The van der Waals surface area contributed by atoms with Crippen molar-refractivity contribution in [2.45, 2.75) is 11.8 Å². The van der Waals surface area contributed by atoms with Crippen molar-refractivity contribution >= 4 is 56.7 Å². The summed E-state index contributed by atoms with van der Waals surface area (Å²) in [6, 6.07) is 6.61. The van der Waals surface area contributed by atoms with Crippen molar-refractivity contribution in [1.29, 1.82) is 0 Å². The molecule has 8 nitrogen and oxygen atoms in total. The standard InChI is InChI=1S/C14H15IN5O3S/c1-3-23-14(21)20-24(22)10-6-4-9(5-7-10)18-13-17-8-11(15)12(16-2)19-13/h4-8H,3H2,1-2H3,(H2,16,17,18,19)/q-1. The third-order valence-electron chi connectivity index (χ3n) is 2.72. The molecule has 0 atom stereocenters. The molecule has 0 saturated carbocycles. The summed E-state index contributed by atoms with van der Waals surface area (Å²) < 4.78 is 20.9. The molecule has 0 spiro atoms. The molecule has 24 heavy (non-hydrogen) atoms. The number of halogens is 1. The van der Waals surface area contributed by atoms with Crippen molar-refractivity contribution < 1.29 is 13.7 Å². The topological polar surface area (TPSA) is 106 Å². The first-order valence-corrected chi connectivity index (χ1v) is 9.09.